The lowest BCUT2D eigenvalue weighted by atomic mass is 10.1. The van der Waals surface area contributed by atoms with E-state index in [0.29, 0.717) is 17.1 Å². The second-order valence-corrected chi connectivity index (χ2v) is 6.37. The molecular formula is C19H26FIN6. The number of benzene rings is 1. The summed E-state index contributed by atoms with van der Waals surface area (Å²) in [5, 5.41) is 19.8. The van der Waals surface area contributed by atoms with Gasteiger partial charge in [-0.15, -0.1) is 24.0 Å². The zero-order valence-corrected chi connectivity index (χ0v) is 18.6. The Morgan fingerprint density at radius 3 is 2.67 bits per heavy atom. The van der Waals surface area contributed by atoms with Gasteiger partial charge in [0.1, 0.15) is 5.82 Å². The van der Waals surface area contributed by atoms with E-state index in [4.69, 9.17) is 5.26 Å². The van der Waals surface area contributed by atoms with E-state index in [1.165, 1.54) is 17.7 Å². The van der Waals surface area contributed by atoms with Gasteiger partial charge >= 0.3 is 0 Å². The third-order valence-electron chi connectivity index (χ3n) is 4.40. The second-order valence-electron chi connectivity index (χ2n) is 6.37. The quantitative estimate of drug-likeness (QED) is 0.389. The van der Waals surface area contributed by atoms with Crippen LogP contribution in [0.25, 0.3) is 0 Å². The standard InChI is InChI=1S/C19H25FN6.HI/c1-12(8-17-13(2)25-26(5)14(17)3)24-19(22-4)23-11-16-9-15(10-21)6-7-18(16)20;/h6-7,9,12H,8,11H2,1-5H3,(H2,22,23,24);1H. The monoisotopic (exact) mass is 484 g/mol. The van der Waals surface area contributed by atoms with Gasteiger partial charge < -0.3 is 10.6 Å². The molecule has 2 rings (SSSR count). The predicted octanol–water partition coefficient (Wildman–Crippen LogP) is 2.96. The summed E-state index contributed by atoms with van der Waals surface area (Å²) in [6.07, 6.45) is 0.810. The van der Waals surface area contributed by atoms with Gasteiger partial charge in [-0.2, -0.15) is 10.4 Å². The lowest BCUT2D eigenvalue weighted by molar-refractivity contribution is 0.599. The van der Waals surface area contributed by atoms with Crippen molar-refractivity contribution in [3.63, 3.8) is 0 Å². The number of aromatic nitrogens is 2. The lowest BCUT2D eigenvalue weighted by Gasteiger charge is -2.18. The highest BCUT2D eigenvalue weighted by molar-refractivity contribution is 14.0. The molecule has 8 heteroatoms. The van der Waals surface area contributed by atoms with Gasteiger partial charge in [0.2, 0.25) is 0 Å². The van der Waals surface area contributed by atoms with Gasteiger partial charge in [0.15, 0.2) is 5.96 Å². The maximum Gasteiger partial charge on any atom is 0.191 e. The first-order valence-electron chi connectivity index (χ1n) is 8.50. The summed E-state index contributed by atoms with van der Waals surface area (Å²) in [6.45, 7) is 6.38. The number of nitrogens with one attached hydrogen (secondary N) is 2. The van der Waals surface area contributed by atoms with Crippen LogP contribution in [-0.2, 0) is 20.0 Å². The number of rotatable bonds is 5. The molecule has 27 heavy (non-hydrogen) atoms. The number of hydrogen-bond donors (Lipinski definition) is 2. The van der Waals surface area contributed by atoms with E-state index >= 15 is 0 Å². The van der Waals surface area contributed by atoms with Gasteiger partial charge in [-0.25, -0.2) is 4.39 Å². The number of hydrogen-bond acceptors (Lipinski definition) is 3. The van der Waals surface area contributed by atoms with Crippen LogP contribution in [-0.4, -0.2) is 28.8 Å². The molecule has 0 aliphatic heterocycles. The Kier molecular flexibility index (Phi) is 8.69. The fourth-order valence-corrected chi connectivity index (χ4v) is 2.86. The number of nitriles is 1. The molecule has 1 aromatic carbocycles. The second kappa shape index (κ2) is 10.3. The minimum Gasteiger partial charge on any atom is -0.354 e. The van der Waals surface area contributed by atoms with E-state index in [1.54, 1.807) is 13.1 Å². The largest absolute Gasteiger partial charge is 0.354 e. The van der Waals surface area contributed by atoms with Crippen LogP contribution in [0.1, 0.15) is 35.0 Å². The molecule has 2 N–H and O–H groups in total. The molecule has 1 atom stereocenters. The van der Waals surface area contributed by atoms with Crippen molar-refractivity contribution in [3.8, 4) is 6.07 Å². The van der Waals surface area contributed by atoms with Gasteiger partial charge in [0, 0.05) is 37.9 Å². The number of nitrogens with zero attached hydrogens (tertiary/aromatic N) is 4. The molecule has 0 saturated heterocycles. The first kappa shape index (κ1) is 22.9. The van der Waals surface area contributed by atoms with Crippen molar-refractivity contribution in [1.29, 1.82) is 5.26 Å². The van der Waals surface area contributed by atoms with Crippen LogP contribution in [0.2, 0.25) is 0 Å². The van der Waals surface area contributed by atoms with Crippen LogP contribution in [0.15, 0.2) is 23.2 Å². The van der Waals surface area contributed by atoms with Crippen LogP contribution in [0.4, 0.5) is 4.39 Å². The molecule has 0 fully saturated rings. The fraction of sp³-hybridized carbons (Fsp3) is 0.421. The number of aliphatic imine (C=N–C) groups is 1. The summed E-state index contributed by atoms with van der Waals surface area (Å²) in [7, 11) is 3.61. The van der Waals surface area contributed by atoms with E-state index in [2.05, 4.69) is 34.6 Å². The van der Waals surface area contributed by atoms with Crippen molar-refractivity contribution in [2.45, 2.75) is 39.8 Å². The van der Waals surface area contributed by atoms with E-state index in [-0.39, 0.29) is 42.4 Å². The van der Waals surface area contributed by atoms with Crippen LogP contribution in [0, 0.1) is 31.0 Å². The molecule has 0 saturated carbocycles. The van der Waals surface area contributed by atoms with Crippen molar-refractivity contribution < 1.29 is 4.39 Å². The lowest BCUT2D eigenvalue weighted by Crippen LogP contribution is -2.42. The molecule has 0 radical (unpaired) electrons. The average molecular weight is 484 g/mol. The van der Waals surface area contributed by atoms with Crippen molar-refractivity contribution in [1.82, 2.24) is 20.4 Å². The molecule has 0 aliphatic rings. The van der Waals surface area contributed by atoms with E-state index in [9.17, 15) is 4.39 Å². The summed E-state index contributed by atoms with van der Waals surface area (Å²) >= 11 is 0. The molecular weight excluding hydrogens is 458 g/mol. The number of aryl methyl sites for hydroxylation is 2. The Morgan fingerprint density at radius 1 is 1.41 bits per heavy atom. The SMILES string of the molecule is CN=C(NCc1cc(C#N)ccc1F)NC(C)Cc1c(C)nn(C)c1C.I. The minimum absolute atomic E-state index is 0. The normalized spacial score (nSPS) is 12.1. The molecule has 1 aromatic heterocycles. The van der Waals surface area contributed by atoms with Crippen molar-refractivity contribution in [3.05, 3.63) is 52.1 Å². The average Bonchev–Trinajstić information content (AvgIpc) is 2.85. The Balaban J connectivity index is 0.00000364. The van der Waals surface area contributed by atoms with Crippen LogP contribution < -0.4 is 10.6 Å². The maximum atomic E-state index is 13.9. The summed E-state index contributed by atoms with van der Waals surface area (Å²) < 4.78 is 15.8. The summed E-state index contributed by atoms with van der Waals surface area (Å²) in [5.74, 6) is 0.236. The topological polar surface area (TPSA) is 78.0 Å². The Labute approximate surface area is 176 Å². The number of guanidine groups is 1. The highest BCUT2D eigenvalue weighted by Gasteiger charge is 2.14. The highest BCUT2D eigenvalue weighted by Crippen LogP contribution is 2.14. The first-order valence-corrected chi connectivity index (χ1v) is 8.50. The molecule has 1 unspecified atom stereocenters. The Hall–Kier alpha value is -2.15. The van der Waals surface area contributed by atoms with Crippen molar-refractivity contribution in [2.75, 3.05) is 7.05 Å². The molecule has 1 heterocycles. The zero-order valence-electron chi connectivity index (χ0n) is 16.3. The van der Waals surface area contributed by atoms with Gasteiger partial charge in [0.05, 0.1) is 17.3 Å². The first-order chi connectivity index (χ1) is 12.3. The smallest absolute Gasteiger partial charge is 0.191 e. The Morgan fingerprint density at radius 2 is 2.11 bits per heavy atom. The molecule has 0 bridgehead atoms. The molecule has 0 aliphatic carbocycles. The van der Waals surface area contributed by atoms with Crippen LogP contribution in [0.5, 0.6) is 0 Å². The third-order valence-corrected chi connectivity index (χ3v) is 4.40. The van der Waals surface area contributed by atoms with Gasteiger partial charge in [-0.1, -0.05) is 0 Å². The molecule has 0 spiro atoms. The zero-order chi connectivity index (χ0) is 19.3. The third kappa shape index (κ3) is 5.92. The summed E-state index contributed by atoms with van der Waals surface area (Å²) in [6, 6.07) is 6.46. The van der Waals surface area contributed by atoms with Crippen LogP contribution >= 0.6 is 24.0 Å². The van der Waals surface area contributed by atoms with Crippen molar-refractivity contribution >= 4 is 29.9 Å². The fourth-order valence-electron chi connectivity index (χ4n) is 2.86. The van der Waals surface area contributed by atoms with Crippen LogP contribution in [0.3, 0.4) is 0 Å². The summed E-state index contributed by atoms with van der Waals surface area (Å²) in [4.78, 5) is 4.19. The van der Waals surface area contributed by atoms with E-state index in [0.717, 1.165) is 17.8 Å². The Bertz CT molecular complexity index is 853. The number of halogens is 2. The van der Waals surface area contributed by atoms with E-state index in [1.807, 2.05) is 24.7 Å². The minimum atomic E-state index is -0.346. The summed E-state index contributed by atoms with van der Waals surface area (Å²) in [5.41, 5.74) is 4.25. The maximum absolute atomic E-state index is 13.9. The molecule has 6 nitrogen and oxygen atoms in total. The van der Waals surface area contributed by atoms with Gasteiger partial charge in [0.25, 0.3) is 0 Å². The molecule has 0 amide bonds. The highest BCUT2D eigenvalue weighted by atomic mass is 127. The molecule has 2 aromatic rings. The van der Waals surface area contributed by atoms with Gasteiger partial charge in [-0.05, 0) is 51.0 Å². The van der Waals surface area contributed by atoms with Gasteiger partial charge in [-0.3, -0.25) is 9.67 Å². The molecule has 146 valence electrons. The predicted molar refractivity (Wildman–Crippen MR) is 116 cm³/mol. The van der Waals surface area contributed by atoms with E-state index < -0.39 is 0 Å². The van der Waals surface area contributed by atoms with Crippen molar-refractivity contribution in [2.24, 2.45) is 12.0 Å².